The number of ether oxygens (including phenoxy) is 2. The molecule has 0 radical (unpaired) electrons. The lowest BCUT2D eigenvalue weighted by molar-refractivity contribution is -0.117. The van der Waals surface area contributed by atoms with Crippen molar-refractivity contribution >= 4 is 28.1 Å². The molecule has 0 aliphatic carbocycles. The van der Waals surface area contributed by atoms with E-state index in [0.29, 0.717) is 18.0 Å². The van der Waals surface area contributed by atoms with Crippen molar-refractivity contribution in [3.05, 3.63) is 29.3 Å². The van der Waals surface area contributed by atoms with Crippen LogP contribution in [0.1, 0.15) is 5.69 Å². The fourth-order valence-corrected chi connectivity index (χ4v) is 3.82. The molecule has 8 heteroatoms. The average molecular weight is 360 g/mol. The van der Waals surface area contributed by atoms with Gasteiger partial charge in [-0.15, -0.1) is 11.3 Å². The van der Waals surface area contributed by atoms with Gasteiger partial charge in [0.15, 0.2) is 16.6 Å². The Balaban J connectivity index is 1.27. The number of fused-ring (bicyclic) bond motifs is 1. The molecule has 7 nitrogen and oxygen atoms in total. The Kier molecular flexibility index (Phi) is 4.46. The Morgan fingerprint density at radius 1 is 1.24 bits per heavy atom. The number of nitrogens with one attached hydrogen (secondary N) is 1. The van der Waals surface area contributed by atoms with Gasteiger partial charge in [-0.3, -0.25) is 9.69 Å². The summed E-state index contributed by atoms with van der Waals surface area (Å²) in [5.74, 6) is 1.37. The van der Waals surface area contributed by atoms with Gasteiger partial charge in [0.05, 0.1) is 12.2 Å². The molecule has 1 fully saturated rings. The minimum absolute atomic E-state index is 0.0163. The predicted octanol–water partition coefficient (Wildman–Crippen LogP) is 1.94. The summed E-state index contributed by atoms with van der Waals surface area (Å²) in [6, 6.07) is 5.43. The highest BCUT2D eigenvalue weighted by atomic mass is 32.1. The van der Waals surface area contributed by atoms with Gasteiger partial charge < -0.3 is 19.7 Å². The zero-order chi connectivity index (χ0) is 17.2. The van der Waals surface area contributed by atoms with E-state index in [4.69, 9.17) is 9.47 Å². The van der Waals surface area contributed by atoms with Gasteiger partial charge in [0, 0.05) is 43.3 Å². The van der Waals surface area contributed by atoms with Crippen molar-refractivity contribution in [2.45, 2.75) is 6.92 Å². The van der Waals surface area contributed by atoms with Crippen molar-refractivity contribution in [1.82, 2.24) is 9.88 Å². The molecular weight excluding hydrogens is 340 g/mol. The first-order chi connectivity index (χ1) is 12.2. The van der Waals surface area contributed by atoms with E-state index in [1.165, 1.54) is 0 Å². The monoisotopic (exact) mass is 360 g/mol. The van der Waals surface area contributed by atoms with E-state index in [1.807, 2.05) is 19.1 Å². The molecule has 4 rings (SSSR count). The maximum atomic E-state index is 12.3. The van der Waals surface area contributed by atoms with Crippen LogP contribution in [0.25, 0.3) is 0 Å². The Morgan fingerprint density at radius 3 is 2.80 bits per heavy atom. The molecule has 1 aromatic heterocycles. The highest BCUT2D eigenvalue weighted by Gasteiger charge is 2.21. The highest BCUT2D eigenvalue weighted by molar-refractivity contribution is 7.13. The molecule has 1 amide bonds. The van der Waals surface area contributed by atoms with Crippen LogP contribution in [0.4, 0.5) is 10.8 Å². The first-order valence-electron chi connectivity index (χ1n) is 8.26. The minimum atomic E-state index is -0.0163. The summed E-state index contributed by atoms with van der Waals surface area (Å²) in [6.07, 6.45) is 0. The summed E-state index contributed by atoms with van der Waals surface area (Å²) in [7, 11) is 0. The Hall–Kier alpha value is -2.32. The molecule has 132 valence electrons. The van der Waals surface area contributed by atoms with Crippen LogP contribution in [0.5, 0.6) is 11.5 Å². The van der Waals surface area contributed by atoms with Crippen LogP contribution in [0.2, 0.25) is 0 Å². The van der Waals surface area contributed by atoms with E-state index in [2.05, 4.69) is 25.5 Å². The van der Waals surface area contributed by atoms with E-state index in [-0.39, 0.29) is 12.7 Å². The lowest BCUT2D eigenvalue weighted by Crippen LogP contribution is -2.48. The van der Waals surface area contributed by atoms with E-state index < -0.39 is 0 Å². The van der Waals surface area contributed by atoms with Crippen molar-refractivity contribution < 1.29 is 14.3 Å². The van der Waals surface area contributed by atoms with Crippen LogP contribution in [0, 0.1) is 6.92 Å². The van der Waals surface area contributed by atoms with Crippen molar-refractivity contribution in [3.8, 4) is 11.5 Å². The number of carbonyl (C=O) groups excluding carboxylic acids is 1. The van der Waals surface area contributed by atoms with Gasteiger partial charge >= 0.3 is 0 Å². The van der Waals surface area contributed by atoms with Crippen molar-refractivity contribution in [2.24, 2.45) is 0 Å². The smallest absolute Gasteiger partial charge is 0.238 e. The zero-order valence-electron chi connectivity index (χ0n) is 14.0. The molecule has 1 aromatic carbocycles. The number of hydrogen-bond donors (Lipinski definition) is 1. The fourth-order valence-electron chi connectivity index (χ4n) is 2.96. The van der Waals surface area contributed by atoms with Gasteiger partial charge in [-0.2, -0.15) is 0 Å². The molecule has 1 N–H and O–H groups in total. The second-order valence-corrected chi connectivity index (χ2v) is 6.99. The van der Waals surface area contributed by atoms with Crippen LogP contribution < -0.4 is 19.7 Å². The molecule has 1 saturated heterocycles. The van der Waals surface area contributed by atoms with Crippen LogP contribution >= 0.6 is 11.3 Å². The second kappa shape index (κ2) is 6.89. The molecule has 0 atom stereocenters. The lowest BCUT2D eigenvalue weighted by atomic mass is 10.2. The number of amides is 1. The third-order valence-corrected chi connectivity index (χ3v) is 5.29. The zero-order valence-corrected chi connectivity index (χ0v) is 14.8. The molecule has 2 aliphatic heterocycles. The summed E-state index contributed by atoms with van der Waals surface area (Å²) >= 11 is 1.68. The highest BCUT2D eigenvalue weighted by Crippen LogP contribution is 2.34. The van der Waals surface area contributed by atoms with E-state index in [0.717, 1.165) is 42.7 Å². The molecule has 2 aliphatic rings. The SMILES string of the molecule is Cc1csc(N2CCN(CC(=O)Nc3ccc4c(c3)OCO4)CC2)n1. The molecule has 0 saturated carbocycles. The number of thiazole rings is 1. The van der Waals surface area contributed by atoms with E-state index in [1.54, 1.807) is 17.4 Å². The fraction of sp³-hybridized carbons (Fsp3) is 0.412. The third-order valence-electron chi connectivity index (χ3n) is 4.27. The molecule has 3 heterocycles. The van der Waals surface area contributed by atoms with Gasteiger partial charge in [0.2, 0.25) is 12.7 Å². The van der Waals surface area contributed by atoms with Gasteiger partial charge in [-0.25, -0.2) is 4.98 Å². The topological polar surface area (TPSA) is 66.9 Å². The van der Waals surface area contributed by atoms with Crippen molar-refractivity contribution in [1.29, 1.82) is 0 Å². The Morgan fingerprint density at radius 2 is 2.04 bits per heavy atom. The molecule has 25 heavy (non-hydrogen) atoms. The summed E-state index contributed by atoms with van der Waals surface area (Å²) in [5, 5.41) is 6.07. The summed E-state index contributed by atoms with van der Waals surface area (Å²) in [5.41, 5.74) is 1.79. The van der Waals surface area contributed by atoms with Crippen LogP contribution in [0.15, 0.2) is 23.6 Å². The maximum absolute atomic E-state index is 12.3. The summed E-state index contributed by atoms with van der Waals surface area (Å²) < 4.78 is 10.6. The van der Waals surface area contributed by atoms with Crippen molar-refractivity contribution in [2.75, 3.05) is 49.7 Å². The second-order valence-electron chi connectivity index (χ2n) is 6.15. The molecule has 0 unspecified atom stereocenters. The van der Waals surface area contributed by atoms with Crippen molar-refractivity contribution in [3.63, 3.8) is 0 Å². The number of anilines is 2. The van der Waals surface area contributed by atoms with E-state index >= 15 is 0 Å². The van der Waals surface area contributed by atoms with Crippen LogP contribution in [-0.2, 0) is 4.79 Å². The number of rotatable bonds is 4. The normalized spacial score (nSPS) is 16.9. The summed E-state index contributed by atoms with van der Waals surface area (Å²) in [4.78, 5) is 21.3. The average Bonchev–Trinajstić information content (AvgIpc) is 3.24. The predicted molar refractivity (Wildman–Crippen MR) is 96.7 cm³/mol. The number of carbonyl (C=O) groups is 1. The molecule has 2 aromatic rings. The number of aryl methyl sites for hydroxylation is 1. The standard InChI is InChI=1S/C17H20N4O3S/c1-12-10-25-17(18-12)21-6-4-20(5-7-21)9-16(22)19-13-2-3-14-15(8-13)24-11-23-14/h2-3,8,10H,4-7,9,11H2,1H3,(H,19,22). The minimum Gasteiger partial charge on any atom is -0.454 e. The van der Waals surface area contributed by atoms with E-state index in [9.17, 15) is 4.79 Å². The van der Waals surface area contributed by atoms with Gasteiger partial charge in [0.1, 0.15) is 0 Å². The van der Waals surface area contributed by atoms with Gasteiger partial charge in [-0.1, -0.05) is 0 Å². The van der Waals surface area contributed by atoms with Gasteiger partial charge in [-0.05, 0) is 19.1 Å². The first kappa shape index (κ1) is 16.2. The summed E-state index contributed by atoms with van der Waals surface area (Å²) in [6.45, 7) is 6.13. The molecular formula is C17H20N4O3S. The molecule has 0 spiro atoms. The lowest BCUT2D eigenvalue weighted by Gasteiger charge is -2.34. The maximum Gasteiger partial charge on any atom is 0.238 e. The Bertz CT molecular complexity index is 771. The van der Waals surface area contributed by atoms with Crippen LogP contribution in [0.3, 0.4) is 0 Å². The Labute approximate surface area is 150 Å². The van der Waals surface area contributed by atoms with Gasteiger partial charge in [0.25, 0.3) is 0 Å². The number of hydrogen-bond acceptors (Lipinski definition) is 7. The third kappa shape index (κ3) is 3.69. The quantitative estimate of drug-likeness (QED) is 0.899. The largest absolute Gasteiger partial charge is 0.454 e. The number of aromatic nitrogens is 1. The number of piperazine rings is 1. The molecule has 0 bridgehead atoms. The van der Waals surface area contributed by atoms with Crippen LogP contribution in [-0.4, -0.2) is 55.3 Å². The number of nitrogens with zero attached hydrogens (tertiary/aromatic N) is 3. The number of benzene rings is 1. The first-order valence-corrected chi connectivity index (χ1v) is 9.14.